The first-order chi connectivity index (χ1) is 11.6. The van der Waals surface area contributed by atoms with Crippen LogP contribution in [0.15, 0.2) is 47.1 Å². The third-order valence-electron chi connectivity index (χ3n) is 3.91. The van der Waals surface area contributed by atoms with Crippen molar-refractivity contribution >= 4 is 23.5 Å². The van der Waals surface area contributed by atoms with Gasteiger partial charge in [0.2, 0.25) is 5.91 Å². The van der Waals surface area contributed by atoms with Crippen molar-refractivity contribution in [1.82, 2.24) is 0 Å². The molecule has 0 spiro atoms. The maximum absolute atomic E-state index is 12.5. The van der Waals surface area contributed by atoms with Crippen molar-refractivity contribution in [2.45, 2.75) is 19.0 Å². The standard InChI is InChI=1S/C17H16N2O5/c1-23-17(22)11-4-6-12(7-5-11)19-15(20)9-14(16(19)21)18-10-13-3-2-8-24-13/h2-8,14,18H,9-10H2,1H3/p+1. The Labute approximate surface area is 138 Å². The van der Waals surface area contributed by atoms with Crippen LogP contribution in [0.2, 0.25) is 0 Å². The lowest BCUT2D eigenvalue weighted by molar-refractivity contribution is -0.691. The molecule has 1 aliphatic rings. The number of carbonyl (C=O) groups excluding carboxylic acids is 3. The molecule has 3 rings (SSSR count). The minimum Gasteiger partial charge on any atom is -0.465 e. The Hall–Kier alpha value is -2.93. The summed E-state index contributed by atoms with van der Waals surface area (Å²) in [5, 5.41) is 1.79. The first-order valence-electron chi connectivity index (χ1n) is 7.51. The summed E-state index contributed by atoms with van der Waals surface area (Å²) in [5.41, 5.74) is 0.813. The summed E-state index contributed by atoms with van der Waals surface area (Å²) in [6.07, 6.45) is 1.71. The molecule has 1 atom stereocenters. The number of ether oxygens (including phenoxy) is 1. The van der Waals surface area contributed by atoms with E-state index in [1.807, 2.05) is 6.07 Å². The minimum absolute atomic E-state index is 0.137. The number of anilines is 1. The molecule has 7 heteroatoms. The normalized spacial score (nSPS) is 17.4. The van der Waals surface area contributed by atoms with Gasteiger partial charge in [-0.15, -0.1) is 0 Å². The summed E-state index contributed by atoms with van der Waals surface area (Å²) >= 11 is 0. The minimum atomic E-state index is -0.470. The van der Waals surface area contributed by atoms with Crippen molar-refractivity contribution in [3.8, 4) is 0 Å². The molecular formula is C17H17N2O5+. The number of esters is 1. The van der Waals surface area contributed by atoms with E-state index in [0.717, 1.165) is 10.7 Å². The second kappa shape index (κ2) is 6.67. The topological polar surface area (TPSA) is 93.4 Å². The SMILES string of the molecule is COC(=O)c1ccc(N2C(=O)CC([NH2+]Cc3ccco3)C2=O)cc1. The van der Waals surface area contributed by atoms with Crippen LogP contribution in [0.25, 0.3) is 0 Å². The van der Waals surface area contributed by atoms with E-state index in [4.69, 9.17) is 4.42 Å². The molecule has 1 aromatic carbocycles. The maximum atomic E-state index is 12.5. The van der Waals surface area contributed by atoms with Crippen LogP contribution in [0.5, 0.6) is 0 Å². The van der Waals surface area contributed by atoms with Crippen molar-refractivity contribution in [3.63, 3.8) is 0 Å². The van der Waals surface area contributed by atoms with Gasteiger partial charge in [0.1, 0.15) is 6.54 Å². The Morgan fingerprint density at radius 3 is 2.67 bits per heavy atom. The summed E-state index contributed by atoms with van der Waals surface area (Å²) in [6.45, 7) is 0.492. The van der Waals surface area contributed by atoms with Crippen LogP contribution in [-0.4, -0.2) is 30.9 Å². The number of benzene rings is 1. The first kappa shape index (κ1) is 15.9. The average molecular weight is 329 g/mol. The predicted octanol–water partition coefficient (Wildman–Crippen LogP) is 0.462. The molecule has 0 radical (unpaired) electrons. The molecule has 2 amide bonds. The largest absolute Gasteiger partial charge is 0.465 e. The molecule has 0 saturated carbocycles. The monoisotopic (exact) mass is 329 g/mol. The number of hydrogen-bond acceptors (Lipinski definition) is 5. The summed E-state index contributed by atoms with van der Waals surface area (Å²) in [7, 11) is 1.29. The molecule has 7 nitrogen and oxygen atoms in total. The van der Waals surface area contributed by atoms with Crippen LogP contribution in [0.4, 0.5) is 5.69 Å². The van der Waals surface area contributed by atoms with Gasteiger partial charge in [-0.1, -0.05) is 0 Å². The van der Waals surface area contributed by atoms with Crippen LogP contribution in [0, 0.1) is 0 Å². The summed E-state index contributed by atoms with van der Waals surface area (Å²) in [5.74, 6) is -0.245. The first-order valence-corrected chi connectivity index (χ1v) is 7.51. The Morgan fingerprint density at radius 1 is 1.29 bits per heavy atom. The number of furan rings is 1. The van der Waals surface area contributed by atoms with E-state index >= 15 is 0 Å². The van der Waals surface area contributed by atoms with Gasteiger partial charge in [-0.2, -0.15) is 0 Å². The van der Waals surface area contributed by atoms with Gasteiger partial charge in [0, 0.05) is 0 Å². The number of nitrogens with zero attached hydrogens (tertiary/aromatic N) is 1. The van der Waals surface area contributed by atoms with Crippen molar-refractivity contribution in [1.29, 1.82) is 0 Å². The highest BCUT2D eigenvalue weighted by Crippen LogP contribution is 2.22. The van der Waals surface area contributed by atoms with Gasteiger partial charge in [-0.25, -0.2) is 9.69 Å². The van der Waals surface area contributed by atoms with E-state index < -0.39 is 12.0 Å². The lowest BCUT2D eigenvalue weighted by Gasteiger charge is -2.14. The number of quaternary nitrogens is 1. The molecule has 2 heterocycles. The molecular weight excluding hydrogens is 312 g/mol. The molecule has 1 fully saturated rings. The van der Waals surface area contributed by atoms with E-state index in [-0.39, 0.29) is 18.2 Å². The molecule has 1 saturated heterocycles. The van der Waals surface area contributed by atoms with Crippen LogP contribution >= 0.6 is 0 Å². The second-order valence-corrected chi connectivity index (χ2v) is 5.44. The molecule has 2 aromatic rings. The fourth-order valence-corrected chi connectivity index (χ4v) is 2.66. The van der Waals surface area contributed by atoms with Crippen LogP contribution < -0.4 is 10.2 Å². The highest BCUT2D eigenvalue weighted by atomic mass is 16.5. The molecule has 1 unspecified atom stereocenters. The summed E-state index contributed by atoms with van der Waals surface area (Å²) in [6, 6.07) is 9.32. The summed E-state index contributed by atoms with van der Waals surface area (Å²) in [4.78, 5) is 37.3. The number of amides is 2. The van der Waals surface area contributed by atoms with Crippen molar-refractivity contribution in [3.05, 3.63) is 54.0 Å². The molecule has 2 N–H and O–H groups in total. The fraction of sp³-hybridized carbons (Fsp3) is 0.235. The van der Waals surface area contributed by atoms with E-state index in [1.54, 1.807) is 29.8 Å². The lowest BCUT2D eigenvalue weighted by atomic mass is 10.2. The van der Waals surface area contributed by atoms with Gasteiger partial charge in [0.05, 0.1) is 31.0 Å². The molecule has 24 heavy (non-hydrogen) atoms. The Morgan fingerprint density at radius 2 is 2.04 bits per heavy atom. The second-order valence-electron chi connectivity index (χ2n) is 5.44. The Bertz CT molecular complexity index is 752. The Balaban J connectivity index is 1.70. The van der Waals surface area contributed by atoms with Crippen molar-refractivity contribution < 1.29 is 28.9 Å². The van der Waals surface area contributed by atoms with Crippen LogP contribution in [0.3, 0.4) is 0 Å². The van der Waals surface area contributed by atoms with E-state index in [0.29, 0.717) is 17.8 Å². The van der Waals surface area contributed by atoms with E-state index in [1.165, 1.54) is 19.2 Å². The molecule has 1 aliphatic heterocycles. The number of imide groups is 1. The fourth-order valence-electron chi connectivity index (χ4n) is 2.66. The summed E-state index contributed by atoms with van der Waals surface area (Å²) < 4.78 is 9.86. The van der Waals surface area contributed by atoms with Gasteiger partial charge >= 0.3 is 5.97 Å². The third-order valence-corrected chi connectivity index (χ3v) is 3.91. The smallest absolute Gasteiger partial charge is 0.337 e. The van der Waals surface area contributed by atoms with Crippen LogP contribution in [-0.2, 0) is 20.9 Å². The maximum Gasteiger partial charge on any atom is 0.337 e. The zero-order valence-electron chi connectivity index (χ0n) is 13.1. The van der Waals surface area contributed by atoms with E-state index in [9.17, 15) is 14.4 Å². The molecule has 1 aromatic heterocycles. The highest BCUT2D eigenvalue weighted by molar-refractivity contribution is 6.21. The van der Waals surface area contributed by atoms with Gasteiger partial charge < -0.3 is 14.5 Å². The van der Waals surface area contributed by atoms with Gasteiger partial charge in [-0.3, -0.25) is 9.59 Å². The third kappa shape index (κ3) is 3.07. The number of nitrogens with two attached hydrogens (primary N) is 1. The average Bonchev–Trinajstić information content (AvgIpc) is 3.20. The van der Waals surface area contributed by atoms with Gasteiger partial charge in [0.25, 0.3) is 5.91 Å². The number of carbonyl (C=O) groups is 3. The number of hydrogen-bond donors (Lipinski definition) is 1. The predicted molar refractivity (Wildman–Crippen MR) is 83.0 cm³/mol. The zero-order chi connectivity index (χ0) is 17.1. The van der Waals surface area contributed by atoms with Crippen molar-refractivity contribution in [2.24, 2.45) is 0 Å². The molecule has 124 valence electrons. The van der Waals surface area contributed by atoms with Crippen molar-refractivity contribution in [2.75, 3.05) is 12.0 Å². The van der Waals surface area contributed by atoms with Crippen LogP contribution in [0.1, 0.15) is 22.5 Å². The quantitative estimate of drug-likeness (QED) is 0.635. The zero-order valence-corrected chi connectivity index (χ0v) is 13.1. The molecule has 0 aliphatic carbocycles. The van der Waals surface area contributed by atoms with E-state index in [2.05, 4.69) is 4.74 Å². The van der Waals surface area contributed by atoms with Gasteiger partial charge in [0.15, 0.2) is 11.8 Å². The number of rotatable bonds is 5. The highest BCUT2D eigenvalue weighted by Gasteiger charge is 2.42. The Kier molecular flexibility index (Phi) is 4.43. The van der Waals surface area contributed by atoms with Gasteiger partial charge in [-0.05, 0) is 36.4 Å². The molecule has 0 bridgehead atoms. The lowest BCUT2D eigenvalue weighted by Crippen LogP contribution is -2.90. The number of methoxy groups -OCH3 is 1.